The van der Waals surface area contributed by atoms with Crippen LogP contribution >= 0.6 is 0 Å². The van der Waals surface area contributed by atoms with Gasteiger partial charge in [-0.25, -0.2) is 4.39 Å². The van der Waals surface area contributed by atoms with Gasteiger partial charge in [0.15, 0.2) is 0 Å². The van der Waals surface area contributed by atoms with Crippen LogP contribution in [0.1, 0.15) is 22.3 Å². The van der Waals surface area contributed by atoms with Crippen molar-refractivity contribution in [1.29, 1.82) is 0 Å². The third-order valence-corrected chi connectivity index (χ3v) is 13.1. The molecule has 0 amide bonds. The van der Waals surface area contributed by atoms with E-state index in [1.165, 1.54) is 38.8 Å². The third kappa shape index (κ3) is 8.80. The number of nitrogens with zero attached hydrogens (tertiary/aromatic N) is 2. The second-order valence-electron chi connectivity index (χ2n) is 13.5. The van der Waals surface area contributed by atoms with E-state index in [9.17, 15) is 4.39 Å². The Morgan fingerprint density at radius 2 is 1.31 bits per heavy atom. The van der Waals surface area contributed by atoms with Crippen LogP contribution in [0.2, 0.25) is 17.3 Å². The minimum atomic E-state index is -1.96. The number of benzene rings is 5. The Morgan fingerprint density at radius 3 is 2.02 bits per heavy atom. The molecule has 0 N–H and O–H groups in total. The van der Waals surface area contributed by atoms with Gasteiger partial charge >= 0.3 is 142 Å². The van der Waals surface area contributed by atoms with Crippen LogP contribution in [0.15, 0.2) is 150 Å². The first kappa shape index (κ1) is 36.1. The Hall–Kier alpha value is -4.68. The first-order valence-electron chi connectivity index (χ1n) is 16.8. The Kier molecular flexibility index (Phi) is 11.4. The molecule has 0 aliphatic rings. The fourth-order valence-electron chi connectivity index (χ4n) is 6.24. The normalized spacial score (nSPS) is 11.1. The molecule has 1 radical (unpaired) electrons. The zero-order chi connectivity index (χ0) is 34.5. The molecule has 3 aromatic heterocycles. The van der Waals surface area contributed by atoms with Gasteiger partial charge in [-0.3, -0.25) is 0 Å². The largest absolute Gasteiger partial charge is 0 e. The summed E-state index contributed by atoms with van der Waals surface area (Å²) in [6, 6.07) is 50.3. The fourth-order valence-corrected chi connectivity index (χ4v) is 9.54. The zero-order valence-corrected chi connectivity index (χ0v) is 33.3. The minimum Gasteiger partial charge on any atom is 0 e. The van der Waals surface area contributed by atoms with E-state index in [0.29, 0.717) is 11.2 Å². The SMILES string of the molecule is Fc1ccc2oc3c[c-]c(-c4cc(Cc5ccccc5)ccn4)cc3c2c1.[CH3][Ge]([CH3])([CH3])[c]1cnc(-c2[c-]cccc2)cc1Cc1ccccc1.[Ir]. The maximum absolute atomic E-state index is 13.7. The molecule has 0 saturated heterocycles. The summed E-state index contributed by atoms with van der Waals surface area (Å²) in [6.45, 7) is 0. The molecule has 0 unspecified atom stereocenters. The standard InChI is InChI=1S/C24H15FNO.C21H22GeN.Ir/c25-19-7-9-24-21(15-19)20-14-18(6-8-23(20)27-24)22-13-17(10-11-26-22)12-16-4-2-1-3-5-16;1-22(2,3)20-16-23-21(18-12-8-5-9-13-18)15-19(20)14-17-10-6-4-7-11-17;/h1-5,7-11,13-15H,12H2;4-12,15-16H,14H2,1-3H3;/q2*-1;. The average Bonchev–Trinajstić information content (AvgIpc) is 3.50. The molecule has 255 valence electrons. The molecule has 0 spiro atoms. The predicted octanol–water partition coefficient (Wildman–Crippen LogP) is 10.9. The van der Waals surface area contributed by atoms with Gasteiger partial charge in [0.2, 0.25) is 0 Å². The second-order valence-corrected chi connectivity index (χ2v) is 24.1. The van der Waals surface area contributed by atoms with E-state index in [4.69, 9.17) is 9.40 Å². The van der Waals surface area contributed by atoms with E-state index >= 15 is 0 Å². The minimum absolute atomic E-state index is 0. The number of halogens is 1. The molecule has 3 heterocycles. The molecule has 0 atom stereocenters. The molecule has 5 aromatic carbocycles. The monoisotopic (exact) mass is 907 g/mol. The summed E-state index contributed by atoms with van der Waals surface area (Å²) in [4.78, 5) is 9.24. The van der Waals surface area contributed by atoms with E-state index in [-0.39, 0.29) is 25.9 Å². The molecule has 0 aliphatic heterocycles. The summed E-state index contributed by atoms with van der Waals surface area (Å²) in [6.07, 6.45) is 5.76. The first-order chi connectivity index (χ1) is 24.3. The van der Waals surface area contributed by atoms with E-state index in [1.54, 1.807) is 12.1 Å². The van der Waals surface area contributed by atoms with Gasteiger partial charge in [0.1, 0.15) is 11.4 Å². The van der Waals surface area contributed by atoms with Gasteiger partial charge in [0.05, 0.1) is 5.58 Å². The smallest absolute Gasteiger partial charge is 0 e. The maximum Gasteiger partial charge on any atom is 0 e. The van der Waals surface area contributed by atoms with Gasteiger partial charge in [-0.1, -0.05) is 41.8 Å². The van der Waals surface area contributed by atoms with Gasteiger partial charge in [-0.05, 0) is 47.5 Å². The van der Waals surface area contributed by atoms with Crippen molar-refractivity contribution in [3.63, 3.8) is 0 Å². The number of hydrogen-bond acceptors (Lipinski definition) is 3. The van der Waals surface area contributed by atoms with E-state index in [0.717, 1.165) is 46.1 Å². The van der Waals surface area contributed by atoms with Crippen LogP contribution in [0.25, 0.3) is 44.5 Å². The van der Waals surface area contributed by atoms with Crippen molar-refractivity contribution in [3.05, 3.63) is 186 Å². The number of furan rings is 1. The molecule has 0 bridgehead atoms. The molecular formula is C45H37FGeIrN2O-2. The van der Waals surface area contributed by atoms with Crippen molar-refractivity contribution in [1.82, 2.24) is 9.97 Å². The summed E-state index contributed by atoms with van der Waals surface area (Å²) in [5.41, 5.74) is 10.4. The molecular weight excluding hydrogens is 868 g/mol. The van der Waals surface area contributed by atoms with Crippen LogP contribution in [-0.4, -0.2) is 23.2 Å². The van der Waals surface area contributed by atoms with Crippen molar-refractivity contribution in [2.24, 2.45) is 0 Å². The number of pyridine rings is 2. The van der Waals surface area contributed by atoms with Gasteiger partial charge in [-0.2, -0.15) is 0 Å². The molecule has 0 aliphatic carbocycles. The zero-order valence-electron chi connectivity index (χ0n) is 28.8. The molecule has 51 heavy (non-hydrogen) atoms. The van der Waals surface area contributed by atoms with Crippen LogP contribution in [0.5, 0.6) is 0 Å². The van der Waals surface area contributed by atoms with Crippen LogP contribution in [-0.2, 0) is 32.9 Å². The first-order valence-corrected chi connectivity index (χ1v) is 24.2. The van der Waals surface area contributed by atoms with Crippen molar-refractivity contribution in [3.8, 4) is 22.5 Å². The Labute approximate surface area is 315 Å². The topological polar surface area (TPSA) is 38.9 Å². The van der Waals surface area contributed by atoms with Gasteiger partial charge in [0.25, 0.3) is 0 Å². The van der Waals surface area contributed by atoms with Crippen LogP contribution in [0.4, 0.5) is 4.39 Å². The van der Waals surface area contributed by atoms with Gasteiger partial charge < -0.3 is 9.40 Å². The number of fused-ring (bicyclic) bond motifs is 3. The van der Waals surface area contributed by atoms with Crippen LogP contribution in [0, 0.1) is 17.9 Å². The Morgan fingerprint density at radius 1 is 0.627 bits per heavy atom. The molecule has 0 saturated carbocycles. The van der Waals surface area contributed by atoms with E-state index < -0.39 is 13.3 Å². The quantitative estimate of drug-likeness (QED) is 0.118. The van der Waals surface area contributed by atoms with Crippen molar-refractivity contribution >= 4 is 39.6 Å². The second kappa shape index (κ2) is 16.1. The summed E-state index contributed by atoms with van der Waals surface area (Å²) in [5.74, 6) is 7.02. The Balaban J connectivity index is 0.000000175. The number of rotatable bonds is 7. The van der Waals surface area contributed by atoms with Gasteiger partial charge in [-0.15, -0.1) is 23.8 Å². The van der Waals surface area contributed by atoms with Crippen molar-refractivity contribution in [2.75, 3.05) is 0 Å². The summed E-state index contributed by atoms with van der Waals surface area (Å²) in [5, 5.41) is 1.63. The van der Waals surface area contributed by atoms with Gasteiger partial charge in [0, 0.05) is 31.7 Å². The predicted molar refractivity (Wildman–Crippen MR) is 206 cm³/mol. The van der Waals surface area contributed by atoms with Crippen molar-refractivity contribution in [2.45, 2.75) is 30.1 Å². The molecule has 6 heteroatoms. The van der Waals surface area contributed by atoms with E-state index in [1.807, 2.05) is 54.7 Å². The molecule has 0 fully saturated rings. The number of hydrogen-bond donors (Lipinski definition) is 0. The van der Waals surface area contributed by atoms with Crippen LogP contribution < -0.4 is 4.40 Å². The van der Waals surface area contributed by atoms with Crippen molar-refractivity contribution < 1.29 is 28.9 Å². The summed E-state index contributed by atoms with van der Waals surface area (Å²) < 4.78 is 20.9. The van der Waals surface area contributed by atoms with Crippen LogP contribution in [0.3, 0.4) is 0 Å². The summed E-state index contributed by atoms with van der Waals surface area (Å²) in [7, 11) is 0. The summed E-state index contributed by atoms with van der Waals surface area (Å²) >= 11 is -1.96. The Bertz CT molecular complexity index is 2370. The third-order valence-electron chi connectivity index (χ3n) is 8.74. The maximum atomic E-state index is 13.7. The van der Waals surface area contributed by atoms with E-state index in [2.05, 4.69) is 101 Å². The molecule has 8 aromatic rings. The number of aromatic nitrogens is 2. The average molecular weight is 906 g/mol. The molecule has 8 rings (SSSR count). The fraction of sp³-hybridized carbons (Fsp3) is 0.111. The molecule has 3 nitrogen and oxygen atoms in total.